The smallest absolute Gasteiger partial charge is 0.250 e. The zero-order chi connectivity index (χ0) is 16.9. The van der Waals surface area contributed by atoms with Gasteiger partial charge in [-0.3, -0.25) is 10.1 Å². The van der Waals surface area contributed by atoms with Gasteiger partial charge in [0.05, 0.1) is 10.7 Å². The summed E-state index contributed by atoms with van der Waals surface area (Å²) in [6.45, 7) is 1.92. The van der Waals surface area contributed by atoms with Gasteiger partial charge in [-0.1, -0.05) is 12.1 Å². The maximum Gasteiger partial charge on any atom is 0.250 e. The van der Waals surface area contributed by atoms with Crippen LogP contribution in [0.5, 0.6) is 0 Å². The zero-order valence-corrected chi connectivity index (χ0v) is 14.5. The van der Waals surface area contributed by atoms with Crippen molar-refractivity contribution in [2.24, 2.45) is 0 Å². The van der Waals surface area contributed by atoms with Crippen LogP contribution in [-0.4, -0.2) is 15.9 Å². The van der Waals surface area contributed by atoms with Crippen molar-refractivity contribution in [1.29, 1.82) is 0 Å². The third-order valence-corrected chi connectivity index (χ3v) is 4.82. The summed E-state index contributed by atoms with van der Waals surface area (Å²) in [7, 11) is 0. The molecule has 0 aliphatic heterocycles. The minimum Gasteiger partial charge on any atom is -0.298 e. The predicted molar refractivity (Wildman–Crippen MR) is 95.8 cm³/mol. The number of aromatic nitrogens is 2. The lowest BCUT2D eigenvalue weighted by molar-refractivity contribution is -0.111. The van der Waals surface area contributed by atoms with E-state index in [-0.39, 0.29) is 11.7 Å². The predicted octanol–water partition coefficient (Wildman–Crippen LogP) is 4.29. The van der Waals surface area contributed by atoms with Crippen LogP contribution in [0.1, 0.15) is 21.1 Å². The van der Waals surface area contributed by atoms with E-state index in [2.05, 4.69) is 15.3 Å². The molecule has 1 amide bonds. The lowest BCUT2D eigenvalue weighted by Crippen LogP contribution is -2.07. The summed E-state index contributed by atoms with van der Waals surface area (Å²) >= 11 is 2.94. The maximum atomic E-state index is 12.9. The number of nitrogens with zero attached hydrogens (tertiary/aromatic N) is 2. The van der Waals surface area contributed by atoms with Crippen molar-refractivity contribution in [2.75, 3.05) is 5.32 Å². The molecule has 0 saturated carbocycles. The van der Waals surface area contributed by atoms with E-state index in [0.717, 1.165) is 21.1 Å². The minimum atomic E-state index is -0.252. The molecule has 0 bridgehead atoms. The molecule has 0 unspecified atom stereocenters. The van der Waals surface area contributed by atoms with Crippen molar-refractivity contribution in [3.05, 3.63) is 68.9 Å². The number of thiazole rings is 2. The first kappa shape index (κ1) is 16.5. The fourth-order valence-corrected chi connectivity index (χ4v) is 3.45. The lowest BCUT2D eigenvalue weighted by atomic mass is 10.1. The Kier molecular flexibility index (Phi) is 5.12. The van der Waals surface area contributed by atoms with Crippen LogP contribution in [0, 0.1) is 12.7 Å². The number of amides is 1. The minimum absolute atomic E-state index is 0.247. The zero-order valence-electron chi connectivity index (χ0n) is 12.8. The van der Waals surface area contributed by atoms with Crippen molar-refractivity contribution in [2.45, 2.75) is 13.3 Å². The van der Waals surface area contributed by atoms with Crippen LogP contribution >= 0.6 is 22.7 Å². The largest absolute Gasteiger partial charge is 0.298 e. The number of carbonyl (C=O) groups excluding carboxylic acids is 1. The molecule has 0 spiro atoms. The molecule has 7 heteroatoms. The van der Waals surface area contributed by atoms with Crippen LogP contribution < -0.4 is 5.32 Å². The van der Waals surface area contributed by atoms with Gasteiger partial charge in [-0.25, -0.2) is 14.4 Å². The van der Waals surface area contributed by atoms with E-state index in [9.17, 15) is 9.18 Å². The van der Waals surface area contributed by atoms with E-state index in [1.165, 1.54) is 40.9 Å². The average Bonchev–Trinajstić information content (AvgIpc) is 3.17. The fourth-order valence-electron chi connectivity index (χ4n) is 2.02. The number of nitrogens with one attached hydrogen (secondary N) is 1. The highest BCUT2D eigenvalue weighted by atomic mass is 32.1. The number of rotatable bonds is 5. The molecule has 3 rings (SSSR count). The van der Waals surface area contributed by atoms with E-state index in [1.54, 1.807) is 24.4 Å². The Hall–Kier alpha value is -2.38. The average molecular weight is 359 g/mol. The molecule has 4 nitrogen and oxygen atoms in total. The molecule has 24 heavy (non-hydrogen) atoms. The van der Waals surface area contributed by atoms with E-state index in [0.29, 0.717) is 11.6 Å². The van der Waals surface area contributed by atoms with Gasteiger partial charge in [-0.05, 0) is 30.7 Å². The van der Waals surface area contributed by atoms with Crippen LogP contribution in [0.25, 0.3) is 6.08 Å². The standard InChI is InChI=1S/C17H14FN3OS2/c1-11-20-14(10-23-11)6-7-16(22)21-17-19-9-15(24-17)8-12-2-4-13(18)5-3-12/h2-7,9-10H,8H2,1H3,(H,19,21,22)/b7-6+. The van der Waals surface area contributed by atoms with Crippen LogP contribution in [0.2, 0.25) is 0 Å². The van der Waals surface area contributed by atoms with Crippen molar-refractivity contribution in [3.8, 4) is 0 Å². The Balaban J connectivity index is 1.58. The Morgan fingerprint density at radius 2 is 2.12 bits per heavy atom. The van der Waals surface area contributed by atoms with Gasteiger partial charge in [-0.15, -0.1) is 22.7 Å². The summed E-state index contributed by atoms with van der Waals surface area (Å²) in [5.41, 5.74) is 1.76. The van der Waals surface area contributed by atoms with E-state index >= 15 is 0 Å². The van der Waals surface area contributed by atoms with Crippen molar-refractivity contribution in [3.63, 3.8) is 0 Å². The topological polar surface area (TPSA) is 54.9 Å². The van der Waals surface area contributed by atoms with Gasteiger partial charge in [0.1, 0.15) is 5.82 Å². The molecule has 1 N–H and O–H groups in total. The van der Waals surface area contributed by atoms with Gasteiger partial charge in [0, 0.05) is 29.0 Å². The highest BCUT2D eigenvalue weighted by molar-refractivity contribution is 7.15. The Bertz CT molecular complexity index is 868. The SMILES string of the molecule is Cc1nc(/C=C/C(=O)Nc2ncc(Cc3ccc(F)cc3)s2)cs1. The molecule has 1 aromatic carbocycles. The molecule has 0 fully saturated rings. The summed E-state index contributed by atoms with van der Waals surface area (Å²) in [5.74, 6) is -0.499. The fraction of sp³-hybridized carbons (Fsp3) is 0.118. The second kappa shape index (κ2) is 7.46. The summed E-state index contributed by atoms with van der Waals surface area (Å²) in [6, 6.07) is 6.35. The van der Waals surface area contributed by atoms with E-state index in [1.807, 2.05) is 12.3 Å². The second-order valence-electron chi connectivity index (χ2n) is 5.05. The number of anilines is 1. The van der Waals surface area contributed by atoms with Gasteiger partial charge in [0.25, 0.3) is 0 Å². The third kappa shape index (κ3) is 4.56. The maximum absolute atomic E-state index is 12.9. The summed E-state index contributed by atoms with van der Waals surface area (Å²) in [5, 5.41) is 6.12. The molecular formula is C17H14FN3OS2. The molecular weight excluding hydrogens is 345 g/mol. The first-order valence-electron chi connectivity index (χ1n) is 7.19. The van der Waals surface area contributed by atoms with Crippen LogP contribution in [0.4, 0.5) is 9.52 Å². The molecule has 0 saturated heterocycles. The normalized spacial score (nSPS) is 11.1. The highest BCUT2D eigenvalue weighted by Gasteiger charge is 2.06. The third-order valence-electron chi connectivity index (χ3n) is 3.12. The molecule has 0 aliphatic rings. The number of halogens is 1. The van der Waals surface area contributed by atoms with Crippen LogP contribution in [0.3, 0.4) is 0 Å². The van der Waals surface area contributed by atoms with E-state index in [4.69, 9.17) is 0 Å². The van der Waals surface area contributed by atoms with Gasteiger partial charge in [0.2, 0.25) is 5.91 Å². The molecule has 0 aliphatic carbocycles. The molecule has 2 heterocycles. The molecule has 2 aromatic heterocycles. The molecule has 0 radical (unpaired) electrons. The van der Waals surface area contributed by atoms with Gasteiger partial charge < -0.3 is 0 Å². The number of carbonyl (C=O) groups is 1. The first-order valence-corrected chi connectivity index (χ1v) is 8.88. The number of aryl methyl sites for hydroxylation is 1. The quantitative estimate of drug-likeness (QED) is 0.692. The van der Waals surface area contributed by atoms with Crippen molar-refractivity contribution < 1.29 is 9.18 Å². The Labute approximate surface area is 146 Å². The number of benzene rings is 1. The van der Waals surface area contributed by atoms with Gasteiger partial charge in [-0.2, -0.15) is 0 Å². The monoisotopic (exact) mass is 359 g/mol. The number of hydrogen-bond donors (Lipinski definition) is 1. The van der Waals surface area contributed by atoms with Crippen LogP contribution in [0.15, 0.2) is 41.9 Å². The highest BCUT2D eigenvalue weighted by Crippen LogP contribution is 2.21. The van der Waals surface area contributed by atoms with Gasteiger partial charge >= 0.3 is 0 Å². The molecule has 0 atom stereocenters. The first-order chi connectivity index (χ1) is 11.6. The van der Waals surface area contributed by atoms with E-state index < -0.39 is 0 Å². The van der Waals surface area contributed by atoms with Gasteiger partial charge in [0.15, 0.2) is 5.13 Å². The number of hydrogen-bond acceptors (Lipinski definition) is 5. The lowest BCUT2D eigenvalue weighted by Gasteiger charge is -1.98. The Morgan fingerprint density at radius 3 is 2.83 bits per heavy atom. The second-order valence-corrected chi connectivity index (χ2v) is 7.23. The summed E-state index contributed by atoms with van der Waals surface area (Å²) < 4.78 is 12.9. The molecule has 3 aromatic rings. The molecule has 122 valence electrons. The summed E-state index contributed by atoms with van der Waals surface area (Å²) in [4.78, 5) is 21.3. The Morgan fingerprint density at radius 1 is 1.33 bits per heavy atom. The van der Waals surface area contributed by atoms with Crippen molar-refractivity contribution >= 4 is 39.8 Å². The van der Waals surface area contributed by atoms with Crippen molar-refractivity contribution in [1.82, 2.24) is 9.97 Å². The summed E-state index contributed by atoms with van der Waals surface area (Å²) in [6.07, 6.45) is 5.49. The van der Waals surface area contributed by atoms with Crippen LogP contribution in [-0.2, 0) is 11.2 Å².